The number of ether oxygens (including phenoxy) is 1. The molecule has 0 fully saturated rings. The minimum Gasteiger partial charge on any atom is -0.409 e. The summed E-state index contributed by atoms with van der Waals surface area (Å²) in [6.07, 6.45) is 0.255. The molecule has 0 saturated heterocycles. The Balaban J connectivity index is 2.41. The van der Waals surface area contributed by atoms with Crippen LogP contribution in [0.3, 0.4) is 0 Å². The molecule has 1 aromatic heterocycles. The Morgan fingerprint density at radius 1 is 1.76 bits per heavy atom. The normalized spacial score (nSPS) is 11.5. The highest BCUT2D eigenvalue weighted by Gasteiger charge is 2.11. The van der Waals surface area contributed by atoms with Gasteiger partial charge < -0.3 is 25.5 Å². The SMILES string of the molecule is COCc1cc(C(=O)NCCC(N)=NO)no1. The Kier molecular flexibility index (Phi) is 4.95. The quantitative estimate of drug-likeness (QED) is 0.272. The van der Waals surface area contributed by atoms with Gasteiger partial charge in [0.25, 0.3) is 5.91 Å². The number of amides is 1. The van der Waals surface area contributed by atoms with Crippen molar-refractivity contribution in [1.29, 1.82) is 0 Å². The summed E-state index contributed by atoms with van der Waals surface area (Å²) in [7, 11) is 1.51. The van der Waals surface area contributed by atoms with Crippen LogP contribution in [0.1, 0.15) is 22.7 Å². The molecule has 1 amide bonds. The predicted octanol–water partition coefficient (Wildman–Crippen LogP) is -0.313. The molecule has 1 rings (SSSR count). The molecule has 0 radical (unpaired) electrons. The van der Waals surface area contributed by atoms with Gasteiger partial charge in [0.1, 0.15) is 12.4 Å². The summed E-state index contributed by atoms with van der Waals surface area (Å²) in [6, 6.07) is 1.49. The van der Waals surface area contributed by atoms with Gasteiger partial charge in [0.2, 0.25) is 0 Å². The molecule has 0 bridgehead atoms. The van der Waals surface area contributed by atoms with E-state index in [2.05, 4.69) is 15.6 Å². The molecular weight excluding hydrogens is 228 g/mol. The second-order valence-electron chi connectivity index (χ2n) is 3.21. The van der Waals surface area contributed by atoms with E-state index in [0.29, 0.717) is 5.76 Å². The highest BCUT2D eigenvalue weighted by molar-refractivity contribution is 5.92. The van der Waals surface area contributed by atoms with E-state index < -0.39 is 0 Å². The zero-order valence-corrected chi connectivity index (χ0v) is 9.34. The lowest BCUT2D eigenvalue weighted by atomic mass is 10.3. The van der Waals surface area contributed by atoms with E-state index in [0.717, 1.165) is 0 Å². The maximum Gasteiger partial charge on any atom is 0.273 e. The number of hydrogen-bond donors (Lipinski definition) is 3. The first kappa shape index (κ1) is 13.0. The third-order valence-corrected chi connectivity index (χ3v) is 1.87. The van der Waals surface area contributed by atoms with Crippen LogP contribution < -0.4 is 11.1 Å². The van der Waals surface area contributed by atoms with Crippen molar-refractivity contribution in [3.05, 3.63) is 17.5 Å². The van der Waals surface area contributed by atoms with Gasteiger partial charge >= 0.3 is 0 Å². The first-order chi connectivity index (χ1) is 8.17. The van der Waals surface area contributed by atoms with Crippen molar-refractivity contribution in [3.63, 3.8) is 0 Å². The zero-order valence-electron chi connectivity index (χ0n) is 9.34. The van der Waals surface area contributed by atoms with Crippen molar-refractivity contribution in [3.8, 4) is 0 Å². The molecule has 1 aromatic rings. The standard InChI is InChI=1S/C9H14N4O4/c1-16-5-6-4-7(13-17-6)9(14)11-3-2-8(10)12-15/h4,15H,2-3,5H2,1H3,(H2,10,12)(H,11,14). The third kappa shape index (κ3) is 4.11. The number of nitrogens with zero attached hydrogens (tertiary/aromatic N) is 2. The summed E-state index contributed by atoms with van der Waals surface area (Å²) < 4.78 is 9.67. The molecular formula is C9H14N4O4. The van der Waals surface area contributed by atoms with E-state index in [4.69, 9.17) is 20.2 Å². The lowest BCUT2D eigenvalue weighted by Crippen LogP contribution is -2.28. The van der Waals surface area contributed by atoms with E-state index in [-0.39, 0.29) is 37.0 Å². The van der Waals surface area contributed by atoms with Crippen molar-refractivity contribution in [2.45, 2.75) is 13.0 Å². The van der Waals surface area contributed by atoms with Crippen LogP contribution in [0.4, 0.5) is 0 Å². The minimum absolute atomic E-state index is 0.0468. The number of nitrogens with one attached hydrogen (secondary N) is 1. The van der Waals surface area contributed by atoms with E-state index in [9.17, 15) is 4.79 Å². The van der Waals surface area contributed by atoms with Crippen LogP contribution in [0, 0.1) is 0 Å². The fourth-order valence-electron chi connectivity index (χ4n) is 1.07. The largest absolute Gasteiger partial charge is 0.409 e. The summed E-state index contributed by atoms with van der Waals surface area (Å²) >= 11 is 0. The Morgan fingerprint density at radius 2 is 2.53 bits per heavy atom. The zero-order chi connectivity index (χ0) is 12.7. The number of oxime groups is 1. The molecule has 17 heavy (non-hydrogen) atoms. The Bertz CT molecular complexity index is 401. The van der Waals surface area contributed by atoms with Crippen molar-refractivity contribution in [1.82, 2.24) is 10.5 Å². The first-order valence-electron chi connectivity index (χ1n) is 4.86. The second-order valence-corrected chi connectivity index (χ2v) is 3.21. The monoisotopic (exact) mass is 242 g/mol. The second kappa shape index (κ2) is 6.48. The fourth-order valence-corrected chi connectivity index (χ4v) is 1.07. The summed E-state index contributed by atoms with van der Waals surface area (Å²) in [5.41, 5.74) is 5.40. The van der Waals surface area contributed by atoms with Crippen molar-refractivity contribution in [2.24, 2.45) is 10.9 Å². The third-order valence-electron chi connectivity index (χ3n) is 1.87. The van der Waals surface area contributed by atoms with Crippen molar-refractivity contribution >= 4 is 11.7 Å². The molecule has 4 N–H and O–H groups in total. The van der Waals surface area contributed by atoms with Crippen molar-refractivity contribution < 1.29 is 19.3 Å². The Labute approximate surface area is 97.4 Å². The van der Waals surface area contributed by atoms with Crippen LogP contribution in [0.15, 0.2) is 15.7 Å². The number of aromatic nitrogens is 1. The summed E-state index contributed by atoms with van der Waals surface area (Å²) in [5.74, 6) is 0.126. The number of carbonyl (C=O) groups is 1. The Morgan fingerprint density at radius 3 is 3.18 bits per heavy atom. The van der Waals surface area contributed by atoms with Gasteiger partial charge in [-0.3, -0.25) is 4.79 Å². The van der Waals surface area contributed by atoms with Crippen molar-refractivity contribution in [2.75, 3.05) is 13.7 Å². The summed E-state index contributed by atoms with van der Waals surface area (Å²) in [5, 5.41) is 17.2. The smallest absolute Gasteiger partial charge is 0.273 e. The molecule has 8 nitrogen and oxygen atoms in total. The van der Waals surface area contributed by atoms with Crippen LogP contribution in [0.5, 0.6) is 0 Å². The average molecular weight is 242 g/mol. The van der Waals surface area contributed by atoms with E-state index >= 15 is 0 Å². The maximum absolute atomic E-state index is 11.5. The van der Waals surface area contributed by atoms with Gasteiger partial charge in [0.15, 0.2) is 11.5 Å². The lowest BCUT2D eigenvalue weighted by molar-refractivity contribution is 0.0945. The molecule has 0 spiro atoms. The minimum atomic E-state index is -0.387. The van der Waals surface area contributed by atoms with Crippen LogP contribution in [-0.4, -0.2) is 35.8 Å². The van der Waals surface area contributed by atoms with E-state index in [1.807, 2.05) is 0 Å². The molecule has 0 aliphatic heterocycles. The highest BCUT2D eigenvalue weighted by Crippen LogP contribution is 2.04. The topological polar surface area (TPSA) is 123 Å². The molecule has 8 heteroatoms. The van der Waals surface area contributed by atoms with Gasteiger partial charge in [-0.25, -0.2) is 0 Å². The maximum atomic E-state index is 11.5. The summed E-state index contributed by atoms with van der Waals surface area (Å²) in [4.78, 5) is 11.5. The van der Waals surface area contributed by atoms with Crippen LogP contribution in [-0.2, 0) is 11.3 Å². The van der Waals surface area contributed by atoms with Gasteiger partial charge in [-0.1, -0.05) is 10.3 Å². The fraction of sp³-hybridized carbons (Fsp3) is 0.444. The van der Waals surface area contributed by atoms with Gasteiger partial charge in [-0.05, 0) is 0 Å². The average Bonchev–Trinajstić information content (AvgIpc) is 2.78. The van der Waals surface area contributed by atoms with Gasteiger partial charge in [-0.2, -0.15) is 0 Å². The number of rotatable bonds is 6. The lowest BCUT2D eigenvalue weighted by Gasteiger charge is -2.00. The van der Waals surface area contributed by atoms with E-state index in [1.54, 1.807) is 0 Å². The molecule has 94 valence electrons. The van der Waals surface area contributed by atoms with Gasteiger partial charge in [0, 0.05) is 26.1 Å². The van der Waals surface area contributed by atoms with Crippen LogP contribution >= 0.6 is 0 Å². The molecule has 0 aliphatic rings. The molecule has 0 unspecified atom stereocenters. The first-order valence-corrected chi connectivity index (χ1v) is 4.86. The molecule has 0 aliphatic carbocycles. The molecule has 0 aromatic carbocycles. The predicted molar refractivity (Wildman–Crippen MR) is 57.6 cm³/mol. The molecule has 0 saturated carbocycles. The molecule has 1 heterocycles. The van der Waals surface area contributed by atoms with Gasteiger partial charge in [-0.15, -0.1) is 0 Å². The number of amidine groups is 1. The molecule has 0 atom stereocenters. The van der Waals surface area contributed by atoms with Crippen LogP contribution in [0.25, 0.3) is 0 Å². The number of carbonyl (C=O) groups excluding carboxylic acids is 1. The number of hydrogen-bond acceptors (Lipinski definition) is 6. The summed E-state index contributed by atoms with van der Waals surface area (Å²) in [6.45, 7) is 0.506. The van der Waals surface area contributed by atoms with Gasteiger partial charge in [0.05, 0.1) is 0 Å². The van der Waals surface area contributed by atoms with Crippen LogP contribution in [0.2, 0.25) is 0 Å². The number of nitrogens with two attached hydrogens (primary N) is 1. The number of methoxy groups -OCH3 is 1. The highest BCUT2D eigenvalue weighted by atomic mass is 16.5. The Hall–Kier alpha value is -2.09. The van der Waals surface area contributed by atoms with E-state index in [1.165, 1.54) is 13.2 Å².